The Balaban J connectivity index is 1.95. The summed E-state index contributed by atoms with van der Waals surface area (Å²) in [6.07, 6.45) is 1.73. The molecule has 1 aromatic rings. The molecule has 1 saturated heterocycles. The van der Waals surface area contributed by atoms with Gasteiger partial charge in [-0.25, -0.2) is 4.98 Å². The molecule has 2 heterocycles. The van der Waals surface area contributed by atoms with Gasteiger partial charge in [-0.05, 0) is 19.2 Å². The molecule has 0 aromatic carbocycles. The summed E-state index contributed by atoms with van der Waals surface area (Å²) >= 11 is 0. The van der Waals surface area contributed by atoms with Gasteiger partial charge in [0.2, 0.25) is 0 Å². The molecular weight excluding hydrogens is 232 g/mol. The number of rotatable bonds is 4. The summed E-state index contributed by atoms with van der Waals surface area (Å²) in [5.74, 6) is 0.0362. The van der Waals surface area contributed by atoms with Crippen LogP contribution in [0.5, 0.6) is 0 Å². The van der Waals surface area contributed by atoms with Crippen LogP contribution in [0.1, 0.15) is 10.4 Å². The lowest BCUT2D eigenvalue weighted by atomic mass is 10.2. The summed E-state index contributed by atoms with van der Waals surface area (Å²) in [7, 11) is 2.06. The quantitative estimate of drug-likeness (QED) is 0.781. The van der Waals surface area contributed by atoms with E-state index in [1.807, 2.05) is 0 Å². The van der Waals surface area contributed by atoms with Crippen LogP contribution >= 0.6 is 0 Å². The third-order valence-electron chi connectivity index (χ3n) is 2.91. The van der Waals surface area contributed by atoms with E-state index in [1.54, 1.807) is 18.3 Å². The molecule has 18 heavy (non-hydrogen) atoms. The Morgan fingerprint density at radius 2 is 2.56 bits per heavy atom. The predicted octanol–water partition coefficient (Wildman–Crippen LogP) is -0.0770. The van der Waals surface area contributed by atoms with Crippen LogP contribution in [-0.4, -0.2) is 55.2 Å². The highest BCUT2D eigenvalue weighted by molar-refractivity contribution is 5.97. The minimum Gasteiger partial charge on any atom is -0.374 e. The maximum atomic E-state index is 11.2. The highest BCUT2D eigenvalue weighted by Gasteiger charge is 2.18. The number of primary amides is 1. The lowest BCUT2D eigenvalue weighted by molar-refractivity contribution is -0.0117. The third-order valence-corrected chi connectivity index (χ3v) is 2.91. The number of nitrogens with zero attached hydrogens (tertiary/aromatic N) is 2. The number of carbonyl (C=O) groups excluding carboxylic acids is 1. The van der Waals surface area contributed by atoms with Gasteiger partial charge in [-0.1, -0.05) is 0 Å². The number of aromatic nitrogens is 1. The number of ether oxygens (including phenoxy) is 1. The molecular formula is C12H18N4O2. The van der Waals surface area contributed by atoms with Crippen molar-refractivity contribution in [2.45, 2.75) is 6.10 Å². The van der Waals surface area contributed by atoms with Crippen LogP contribution in [0, 0.1) is 0 Å². The zero-order valence-electron chi connectivity index (χ0n) is 10.4. The maximum absolute atomic E-state index is 11.2. The van der Waals surface area contributed by atoms with E-state index in [4.69, 9.17) is 10.5 Å². The topological polar surface area (TPSA) is 80.5 Å². The molecule has 0 saturated carbocycles. The molecule has 98 valence electrons. The Kier molecular flexibility index (Phi) is 4.11. The van der Waals surface area contributed by atoms with Crippen molar-refractivity contribution in [2.24, 2.45) is 5.73 Å². The van der Waals surface area contributed by atoms with Crippen LogP contribution in [0.25, 0.3) is 0 Å². The van der Waals surface area contributed by atoms with Crippen molar-refractivity contribution in [1.29, 1.82) is 0 Å². The maximum Gasteiger partial charge on any atom is 0.252 e. The van der Waals surface area contributed by atoms with E-state index in [9.17, 15) is 4.79 Å². The standard InChI is InChI=1S/C12H18N4O2/c1-16-5-6-18-9(8-16)7-15-12-10(11(13)17)3-2-4-14-12/h2-4,9H,5-8H2,1H3,(H2,13,17)(H,14,15)/t9-/m0/s1. The van der Waals surface area contributed by atoms with Crippen molar-refractivity contribution in [3.05, 3.63) is 23.9 Å². The van der Waals surface area contributed by atoms with Crippen LogP contribution < -0.4 is 11.1 Å². The molecule has 3 N–H and O–H groups in total. The molecule has 0 unspecified atom stereocenters. The van der Waals surface area contributed by atoms with Crippen LogP contribution in [0.2, 0.25) is 0 Å². The molecule has 1 aliphatic heterocycles. The fourth-order valence-corrected chi connectivity index (χ4v) is 1.95. The second-order valence-electron chi connectivity index (χ2n) is 4.40. The SMILES string of the molecule is CN1CCO[C@@H](CNc2ncccc2C(N)=O)C1. The molecule has 6 heteroatoms. The first-order valence-electron chi connectivity index (χ1n) is 5.95. The van der Waals surface area contributed by atoms with Gasteiger partial charge in [0.05, 0.1) is 18.3 Å². The molecule has 1 amide bonds. The van der Waals surface area contributed by atoms with Gasteiger partial charge in [-0.2, -0.15) is 0 Å². The van der Waals surface area contributed by atoms with Gasteiger partial charge >= 0.3 is 0 Å². The summed E-state index contributed by atoms with van der Waals surface area (Å²) in [6.45, 7) is 3.16. The number of carbonyl (C=O) groups is 1. The first-order chi connectivity index (χ1) is 8.66. The number of hydrogen-bond acceptors (Lipinski definition) is 5. The highest BCUT2D eigenvalue weighted by atomic mass is 16.5. The lowest BCUT2D eigenvalue weighted by Crippen LogP contribution is -2.43. The van der Waals surface area contributed by atoms with E-state index >= 15 is 0 Å². The highest BCUT2D eigenvalue weighted by Crippen LogP contribution is 2.11. The molecule has 0 radical (unpaired) electrons. The van der Waals surface area contributed by atoms with Crippen LogP contribution in [0.3, 0.4) is 0 Å². The van der Waals surface area contributed by atoms with Crippen LogP contribution in [0.15, 0.2) is 18.3 Å². The van der Waals surface area contributed by atoms with Crippen molar-refractivity contribution >= 4 is 11.7 Å². The van der Waals surface area contributed by atoms with E-state index in [2.05, 4.69) is 22.2 Å². The van der Waals surface area contributed by atoms with Gasteiger partial charge in [0.25, 0.3) is 5.91 Å². The number of pyridine rings is 1. The zero-order chi connectivity index (χ0) is 13.0. The second-order valence-corrected chi connectivity index (χ2v) is 4.40. The largest absolute Gasteiger partial charge is 0.374 e. The zero-order valence-corrected chi connectivity index (χ0v) is 10.4. The normalized spacial score (nSPS) is 20.6. The Morgan fingerprint density at radius 1 is 1.72 bits per heavy atom. The van der Waals surface area contributed by atoms with E-state index in [0.29, 0.717) is 17.9 Å². The molecule has 0 spiro atoms. The second kappa shape index (κ2) is 5.79. The molecule has 1 fully saturated rings. The number of nitrogens with one attached hydrogen (secondary N) is 1. The van der Waals surface area contributed by atoms with Crippen molar-refractivity contribution in [3.63, 3.8) is 0 Å². The first-order valence-corrected chi connectivity index (χ1v) is 5.95. The van der Waals surface area contributed by atoms with Crippen molar-refractivity contribution < 1.29 is 9.53 Å². The average molecular weight is 250 g/mol. The van der Waals surface area contributed by atoms with Gasteiger partial charge < -0.3 is 20.7 Å². The van der Waals surface area contributed by atoms with Crippen molar-refractivity contribution in [2.75, 3.05) is 38.6 Å². The molecule has 0 aliphatic carbocycles. The number of likely N-dealkylation sites (N-methyl/N-ethyl adjacent to an activating group) is 1. The number of nitrogens with two attached hydrogens (primary N) is 1. The number of morpholine rings is 1. The van der Waals surface area contributed by atoms with Gasteiger partial charge in [-0.3, -0.25) is 4.79 Å². The van der Waals surface area contributed by atoms with Crippen molar-refractivity contribution in [3.8, 4) is 0 Å². The summed E-state index contributed by atoms with van der Waals surface area (Å²) in [4.78, 5) is 17.6. The lowest BCUT2D eigenvalue weighted by Gasteiger charge is -2.30. The Morgan fingerprint density at radius 3 is 3.28 bits per heavy atom. The molecule has 1 aromatic heterocycles. The number of anilines is 1. The summed E-state index contributed by atoms with van der Waals surface area (Å²) in [5, 5.41) is 3.12. The predicted molar refractivity (Wildman–Crippen MR) is 68.5 cm³/mol. The Bertz CT molecular complexity index is 424. The van der Waals surface area contributed by atoms with E-state index in [0.717, 1.165) is 19.7 Å². The number of hydrogen-bond donors (Lipinski definition) is 2. The molecule has 1 atom stereocenters. The van der Waals surface area contributed by atoms with Gasteiger partial charge in [-0.15, -0.1) is 0 Å². The van der Waals surface area contributed by atoms with Crippen molar-refractivity contribution in [1.82, 2.24) is 9.88 Å². The monoisotopic (exact) mass is 250 g/mol. The van der Waals surface area contributed by atoms with Crippen LogP contribution in [0.4, 0.5) is 5.82 Å². The van der Waals surface area contributed by atoms with Gasteiger partial charge in [0, 0.05) is 25.8 Å². The summed E-state index contributed by atoms with van der Waals surface area (Å²) in [5.41, 5.74) is 5.69. The third kappa shape index (κ3) is 3.18. The Labute approximate surface area is 106 Å². The smallest absolute Gasteiger partial charge is 0.252 e. The van der Waals surface area contributed by atoms with E-state index in [-0.39, 0.29) is 6.10 Å². The van der Waals surface area contributed by atoms with Gasteiger partial charge in [0.1, 0.15) is 5.82 Å². The molecule has 2 rings (SSSR count). The molecule has 1 aliphatic rings. The Hall–Kier alpha value is -1.66. The van der Waals surface area contributed by atoms with Gasteiger partial charge in [0.15, 0.2) is 0 Å². The molecule has 0 bridgehead atoms. The fourth-order valence-electron chi connectivity index (χ4n) is 1.95. The fraction of sp³-hybridized carbons (Fsp3) is 0.500. The minimum atomic E-state index is -0.479. The molecule has 6 nitrogen and oxygen atoms in total. The minimum absolute atomic E-state index is 0.103. The van der Waals surface area contributed by atoms with E-state index in [1.165, 1.54) is 0 Å². The van der Waals surface area contributed by atoms with Crippen LogP contribution in [-0.2, 0) is 4.74 Å². The summed E-state index contributed by atoms with van der Waals surface area (Å²) in [6, 6.07) is 3.35. The number of amides is 1. The average Bonchev–Trinajstić information content (AvgIpc) is 2.37. The van der Waals surface area contributed by atoms with E-state index < -0.39 is 5.91 Å². The summed E-state index contributed by atoms with van der Waals surface area (Å²) < 4.78 is 5.62. The first kappa shape index (κ1) is 12.8.